The van der Waals surface area contributed by atoms with Crippen molar-refractivity contribution >= 4 is 5.97 Å². The second-order valence-corrected chi connectivity index (χ2v) is 5.95. The molecule has 0 radical (unpaired) electrons. The van der Waals surface area contributed by atoms with Gasteiger partial charge in [-0.05, 0) is 37.5 Å². The highest BCUT2D eigenvalue weighted by atomic mass is 16.5. The third kappa shape index (κ3) is 3.70. The third-order valence-electron chi connectivity index (χ3n) is 4.02. The summed E-state index contributed by atoms with van der Waals surface area (Å²) in [5, 5.41) is 0. The number of esters is 1. The van der Waals surface area contributed by atoms with Gasteiger partial charge in [0.15, 0.2) is 0 Å². The minimum Gasteiger partial charge on any atom is -0.466 e. The molecule has 3 atom stereocenters. The lowest BCUT2D eigenvalue weighted by molar-refractivity contribution is -0.146. The van der Waals surface area contributed by atoms with Gasteiger partial charge in [0.05, 0.1) is 13.0 Å². The molecule has 1 saturated carbocycles. The zero-order valence-corrected chi connectivity index (χ0v) is 11.7. The van der Waals surface area contributed by atoms with Gasteiger partial charge in [0.1, 0.15) is 0 Å². The average Bonchev–Trinajstić information content (AvgIpc) is 2.15. The maximum Gasteiger partial charge on any atom is 0.307 e. The van der Waals surface area contributed by atoms with Crippen molar-refractivity contribution in [2.75, 3.05) is 6.61 Å². The van der Waals surface area contributed by atoms with Crippen LogP contribution in [-0.2, 0) is 9.53 Å². The monoisotopic (exact) mass is 241 g/mol. The Morgan fingerprint density at radius 1 is 1.47 bits per heavy atom. The van der Waals surface area contributed by atoms with Crippen molar-refractivity contribution < 1.29 is 9.53 Å². The van der Waals surface area contributed by atoms with Gasteiger partial charge in [-0.2, -0.15) is 0 Å². The van der Waals surface area contributed by atoms with E-state index in [1.165, 1.54) is 6.42 Å². The van der Waals surface area contributed by atoms with Gasteiger partial charge in [-0.3, -0.25) is 4.79 Å². The second kappa shape index (κ2) is 5.85. The fraction of sp³-hybridized carbons (Fsp3) is 0.929. The molecule has 0 spiro atoms. The van der Waals surface area contributed by atoms with Crippen molar-refractivity contribution in [3.05, 3.63) is 0 Å². The van der Waals surface area contributed by atoms with Crippen LogP contribution in [0.5, 0.6) is 0 Å². The molecule has 0 aromatic heterocycles. The molecule has 17 heavy (non-hydrogen) atoms. The van der Waals surface area contributed by atoms with Crippen LogP contribution in [0.4, 0.5) is 0 Å². The van der Waals surface area contributed by atoms with E-state index in [0.29, 0.717) is 30.8 Å². The summed E-state index contributed by atoms with van der Waals surface area (Å²) < 4.78 is 5.05. The van der Waals surface area contributed by atoms with Crippen LogP contribution >= 0.6 is 0 Å². The van der Waals surface area contributed by atoms with E-state index in [9.17, 15) is 4.79 Å². The summed E-state index contributed by atoms with van der Waals surface area (Å²) in [6.45, 7) is 8.91. The van der Waals surface area contributed by atoms with Crippen LogP contribution in [0.3, 0.4) is 0 Å². The van der Waals surface area contributed by atoms with E-state index in [1.54, 1.807) is 0 Å². The lowest BCUT2D eigenvalue weighted by Gasteiger charge is -2.45. The van der Waals surface area contributed by atoms with Crippen LogP contribution in [0.1, 0.15) is 53.4 Å². The normalized spacial score (nSPS) is 33.8. The highest BCUT2D eigenvalue weighted by Gasteiger charge is 2.42. The van der Waals surface area contributed by atoms with E-state index >= 15 is 0 Å². The van der Waals surface area contributed by atoms with Gasteiger partial charge in [-0.25, -0.2) is 0 Å². The Kier molecular flexibility index (Phi) is 4.99. The Morgan fingerprint density at radius 3 is 2.65 bits per heavy atom. The summed E-state index contributed by atoms with van der Waals surface area (Å²) in [5.74, 6) is 1.43. The minimum absolute atomic E-state index is 0.144. The van der Waals surface area contributed by atoms with Crippen LogP contribution in [0.25, 0.3) is 0 Å². The molecule has 1 fully saturated rings. The zero-order chi connectivity index (χ0) is 13.1. The van der Waals surface area contributed by atoms with Crippen molar-refractivity contribution in [3.8, 4) is 0 Å². The second-order valence-electron chi connectivity index (χ2n) is 5.95. The first kappa shape index (κ1) is 14.5. The Balaban J connectivity index is 2.74. The quantitative estimate of drug-likeness (QED) is 0.770. The topological polar surface area (TPSA) is 52.3 Å². The molecule has 0 aromatic rings. The summed E-state index contributed by atoms with van der Waals surface area (Å²) in [4.78, 5) is 11.7. The minimum atomic E-state index is -0.363. The number of ether oxygens (including phenoxy) is 1. The SMILES string of the molecule is CCOC(=O)CC1(N)CC(C)CCC1C(C)C. The van der Waals surface area contributed by atoms with Crippen molar-refractivity contribution in [1.82, 2.24) is 0 Å². The van der Waals surface area contributed by atoms with E-state index in [4.69, 9.17) is 10.5 Å². The molecule has 0 aliphatic heterocycles. The van der Waals surface area contributed by atoms with Crippen LogP contribution < -0.4 is 5.73 Å². The predicted octanol–water partition coefficient (Wildman–Crippen LogP) is 2.73. The Hall–Kier alpha value is -0.570. The molecule has 0 amide bonds. The number of hydrogen-bond acceptors (Lipinski definition) is 3. The van der Waals surface area contributed by atoms with Crippen molar-refractivity contribution in [2.45, 2.75) is 58.9 Å². The molecular weight excluding hydrogens is 214 g/mol. The Labute approximate surface area is 105 Å². The maximum absolute atomic E-state index is 11.7. The first-order chi connectivity index (χ1) is 7.89. The summed E-state index contributed by atoms with van der Waals surface area (Å²) in [6.07, 6.45) is 3.67. The van der Waals surface area contributed by atoms with Gasteiger partial charge in [-0.15, -0.1) is 0 Å². The van der Waals surface area contributed by atoms with Crippen LogP contribution in [0, 0.1) is 17.8 Å². The van der Waals surface area contributed by atoms with E-state index in [0.717, 1.165) is 12.8 Å². The van der Waals surface area contributed by atoms with Gasteiger partial charge in [-0.1, -0.05) is 27.2 Å². The summed E-state index contributed by atoms with van der Waals surface area (Å²) in [6, 6.07) is 0. The van der Waals surface area contributed by atoms with E-state index in [-0.39, 0.29) is 11.5 Å². The van der Waals surface area contributed by atoms with E-state index in [2.05, 4.69) is 20.8 Å². The molecule has 3 heteroatoms. The number of hydrogen-bond donors (Lipinski definition) is 1. The number of carbonyl (C=O) groups is 1. The molecule has 3 nitrogen and oxygen atoms in total. The molecule has 0 heterocycles. The first-order valence-electron chi connectivity index (χ1n) is 6.83. The molecule has 100 valence electrons. The summed E-state index contributed by atoms with van der Waals surface area (Å²) >= 11 is 0. The van der Waals surface area contributed by atoms with Crippen LogP contribution in [0.2, 0.25) is 0 Å². The molecule has 1 aliphatic carbocycles. The van der Waals surface area contributed by atoms with Gasteiger partial charge < -0.3 is 10.5 Å². The summed E-state index contributed by atoms with van der Waals surface area (Å²) in [5.41, 5.74) is 6.16. The average molecular weight is 241 g/mol. The number of nitrogens with two attached hydrogens (primary N) is 1. The van der Waals surface area contributed by atoms with E-state index < -0.39 is 0 Å². The smallest absolute Gasteiger partial charge is 0.307 e. The van der Waals surface area contributed by atoms with Gasteiger partial charge in [0.25, 0.3) is 0 Å². The highest BCUT2D eigenvalue weighted by molar-refractivity contribution is 5.71. The van der Waals surface area contributed by atoms with Crippen molar-refractivity contribution in [1.29, 1.82) is 0 Å². The van der Waals surface area contributed by atoms with E-state index in [1.807, 2.05) is 6.92 Å². The molecule has 0 saturated heterocycles. The molecule has 0 bridgehead atoms. The Morgan fingerprint density at radius 2 is 2.12 bits per heavy atom. The van der Waals surface area contributed by atoms with Gasteiger partial charge in [0, 0.05) is 5.54 Å². The van der Waals surface area contributed by atoms with Gasteiger partial charge >= 0.3 is 5.97 Å². The molecule has 1 aliphatic rings. The molecular formula is C14H27NO2. The first-order valence-corrected chi connectivity index (χ1v) is 6.83. The lowest BCUT2D eigenvalue weighted by atomic mass is 9.64. The summed E-state index contributed by atoms with van der Waals surface area (Å²) in [7, 11) is 0. The molecule has 1 rings (SSSR count). The standard InChI is InChI=1S/C14H27NO2/c1-5-17-13(16)9-14(15)8-11(4)6-7-12(14)10(2)3/h10-12H,5-9,15H2,1-4H3. The lowest BCUT2D eigenvalue weighted by Crippen LogP contribution is -2.54. The van der Waals surface area contributed by atoms with Crippen molar-refractivity contribution in [3.63, 3.8) is 0 Å². The number of carbonyl (C=O) groups excluding carboxylic acids is 1. The zero-order valence-electron chi connectivity index (χ0n) is 11.7. The fourth-order valence-corrected chi connectivity index (χ4v) is 3.33. The molecule has 3 unspecified atom stereocenters. The molecule has 0 aromatic carbocycles. The third-order valence-corrected chi connectivity index (χ3v) is 4.02. The number of rotatable bonds is 4. The van der Waals surface area contributed by atoms with Crippen LogP contribution in [-0.4, -0.2) is 18.1 Å². The maximum atomic E-state index is 11.7. The van der Waals surface area contributed by atoms with Gasteiger partial charge in [0.2, 0.25) is 0 Å². The molecule has 2 N–H and O–H groups in total. The van der Waals surface area contributed by atoms with Crippen molar-refractivity contribution in [2.24, 2.45) is 23.5 Å². The van der Waals surface area contributed by atoms with Crippen LogP contribution in [0.15, 0.2) is 0 Å². The largest absolute Gasteiger partial charge is 0.466 e. The Bertz CT molecular complexity index is 265. The highest BCUT2D eigenvalue weighted by Crippen LogP contribution is 2.41. The fourth-order valence-electron chi connectivity index (χ4n) is 3.33. The predicted molar refractivity (Wildman–Crippen MR) is 69.5 cm³/mol.